The van der Waals surface area contributed by atoms with Gasteiger partial charge >= 0.3 is 5.97 Å². The van der Waals surface area contributed by atoms with Gasteiger partial charge in [-0.1, -0.05) is 12.1 Å². The van der Waals surface area contributed by atoms with E-state index in [9.17, 15) is 14.7 Å². The molecule has 1 rings (SSSR count). The molecule has 0 heterocycles. The van der Waals surface area contributed by atoms with Crippen LogP contribution in [0.5, 0.6) is 5.75 Å². The highest BCUT2D eigenvalue weighted by molar-refractivity contribution is 5.77. The fourth-order valence-electron chi connectivity index (χ4n) is 2.19. The lowest BCUT2D eigenvalue weighted by molar-refractivity contribution is -0.143. The van der Waals surface area contributed by atoms with E-state index in [2.05, 4.69) is 5.32 Å². The van der Waals surface area contributed by atoms with Crippen molar-refractivity contribution in [2.24, 2.45) is 0 Å². The van der Waals surface area contributed by atoms with Crippen LogP contribution in [-0.2, 0) is 14.3 Å². The number of carbonyl (C=O) groups is 2. The lowest BCUT2D eigenvalue weighted by Gasteiger charge is -2.21. The average Bonchev–Trinajstić information content (AvgIpc) is 2.50. The van der Waals surface area contributed by atoms with Gasteiger partial charge in [-0.15, -0.1) is 0 Å². The molecule has 0 aliphatic rings. The van der Waals surface area contributed by atoms with Crippen LogP contribution in [0.25, 0.3) is 0 Å². The number of amides is 1. The Balaban J connectivity index is 2.40. The highest BCUT2D eigenvalue weighted by Crippen LogP contribution is 2.20. The van der Waals surface area contributed by atoms with Crippen molar-refractivity contribution in [3.8, 4) is 5.75 Å². The average molecular weight is 351 g/mol. The Morgan fingerprint density at radius 2 is 1.84 bits per heavy atom. The van der Waals surface area contributed by atoms with Crippen molar-refractivity contribution < 1.29 is 24.2 Å². The van der Waals surface area contributed by atoms with Gasteiger partial charge in [0.1, 0.15) is 5.75 Å². The molecule has 2 N–H and O–H groups in total. The van der Waals surface area contributed by atoms with Gasteiger partial charge in [0.15, 0.2) is 0 Å². The van der Waals surface area contributed by atoms with Crippen LogP contribution in [0.1, 0.15) is 58.6 Å². The Morgan fingerprint density at radius 1 is 1.20 bits per heavy atom. The zero-order valence-electron chi connectivity index (χ0n) is 15.5. The number of esters is 1. The summed E-state index contributed by atoms with van der Waals surface area (Å²) in [6.45, 7) is 8.26. The molecule has 1 amide bonds. The molecule has 0 saturated carbocycles. The predicted molar refractivity (Wildman–Crippen MR) is 95.3 cm³/mol. The Bertz CT molecular complexity index is 548. The summed E-state index contributed by atoms with van der Waals surface area (Å²) in [6, 6.07) is 6.95. The number of rotatable bonds is 9. The number of carbonyl (C=O) groups excluding carboxylic acids is 2. The van der Waals surface area contributed by atoms with Crippen LogP contribution < -0.4 is 10.1 Å². The Kier molecular flexibility index (Phi) is 8.41. The molecular formula is C19H29NO5. The van der Waals surface area contributed by atoms with Crippen LogP contribution in [-0.4, -0.2) is 35.7 Å². The first-order valence-electron chi connectivity index (χ1n) is 8.58. The Labute approximate surface area is 149 Å². The summed E-state index contributed by atoms with van der Waals surface area (Å²) < 4.78 is 10.4. The SMILES string of the molecule is CCOC(=O)CCCOc1ccc(C(O)CC(=O)NC(C)(C)C)cc1. The van der Waals surface area contributed by atoms with E-state index in [1.165, 1.54) is 0 Å². The third-order valence-corrected chi connectivity index (χ3v) is 3.26. The number of benzene rings is 1. The standard InChI is InChI=1S/C19H29NO5/c1-5-24-18(23)7-6-12-25-15-10-8-14(9-11-15)16(21)13-17(22)20-19(2,3)4/h8-11,16,21H,5-7,12-13H2,1-4H3,(H,20,22). The molecule has 6 nitrogen and oxygen atoms in total. The van der Waals surface area contributed by atoms with Gasteiger partial charge in [0.2, 0.25) is 5.91 Å². The molecule has 1 unspecified atom stereocenters. The minimum absolute atomic E-state index is 0.0109. The smallest absolute Gasteiger partial charge is 0.305 e. The first-order chi connectivity index (χ1) is 11.7. The Hall–Kier alpha value is -2.08. The summed E-state index contributed by atoms with van der Waals surface area (Å²) in [5, 5.41) is 13.0. The van der Waals surface area contributed by atoms with Crippen molar-refractivity contribution in [2.75, 3.05) is 13.2 Å². The fourth-order valence-corrected chi connectivity index (χ4v) is 2.19. The minimum atomic E-state index is -0.861. The van der Waals surface area contributed by atoms with Gasteiger partial charge in [-0.05, 0) is 51.8 Å². The predicted octanol–water partition coefficient (Wildman–Crippen LogP) is 2.75. The third kappa shape index (κ3) is 9.10. The quantitative estimate of drug-likeness (QED) is 0.528. The van der Waals surface area contributed by atoms with Crippen LogP contribution >= 0.6 is 0 Å². The van der Waals surface area contributed by atoms with Crippen LogP contribution in [0.2, 0.25) is 0 Å². The number of ether oxygens (including phenoxy) is 2. The highest BCUT2D eigenvalue weighted by Gasteiger charge is 2.18. The van der Waals surface area contributed by atoms with Crippen molar-refractivity contribution in [1.82, 2.24) is 5.32 Å². The molecule has 0 aliphatic heterocycles. The summed E-state index contributed by atoms with van der Waals surface area (Å²) in [4.78, 5) is 23.1. The molecule has 0 aliphatic carbocycles. The van der Waals surface area contributed by atoms with E-state index in [1.54, 1.807) is 31.2 Å². The summed E-state index contributed by atoms with van der Waals surface area (Å²) in [5.74, 6) is 0.233. The second kappa shape index (κ2) is 10.0. The second-order valence-corrected chi connectivity index (χ2v) is 6.84. The molecule has 140 valence electrons. The molecule has 0 saturated heterocycles. The topological polar surface area (TPSA) is 84.9 Å². The van der Waals surface area contributed by atoms with Gasteiger partial charge in [-0.2, -0.15) is 0 Å². The number of aliphatic hydroxyl groups excluding tert-OH is 1. The lowest BCUT2D eigenvalue weighted by Crippen LogP contribution is -2.41. The molecule has 1 aromatic carbocycles. The van der Waals surface area contributed by atoms with Crippen molar-refractivity contribution in [3.05, 3.63) is 29.8 Å². The number of aliphatic hydroxyl groups is 1. The van der Waals surface area contributed by atoms with E-state index in [4.69, 9.17) is 9.47 Å². The highest BCUT2D eigenvalue weighted by atomic mass is 16.5. The fraction of sp³-hybridized carbons (Fsp3) is 0.579. The van der Waals surface area contributed by atoms with Crippen molar-refractivity contribution in [1.29, 1.82) is 0 Å². The van der Waals surface area contributed by atoms with Gasteiger partial charge in [0, 0.05) is 12.0 Å². The van der Waals surface area contributed by atoms with Crippen molar-refractivity contribution >= 4 is 11.9 Å². The molecule has 0 spiro atoms. The molecule has 1 atom stereocenters. The van der Waals surface area contributed by atoms with Crippen LogP contribution in [0.3, 0.4) is 0 Å². The monoisotopic (exact) mass is 351 g/mol. The van der Waals surface area contributed by atoms with Gasteiger partial charge in [-0.25, -0.2) is 0 Å². The molecule has 0 fully saturated rings. The van der Waals surface area contributed by atoms with E-state index in [0.717, 1.165) is 0 Å². The van der Waals surface area contributed by atoms with Gasteiger partial charge in [0.25, 0.3) is 0 Å². The summed E-state index contributed by atoms with van der Waals surface area (Å²) >= 11 is 0. The molecular weight excluding hydrogens is 322 g/mol. The molecule has 1 aromatic rings. The number of hydrogen-bond donors (Lipinski definition) is 2. The second-order valence-electron chi connectivity index (χ2n) is 6.84. The maximum Gasteiger partial charge on any atom is 0.305 e. The van der Waals surface area contributed by atoms with Crippen LogP contribution in [0, 0.1) is 0 Å². The normalized spacial score (nSPS) is 12.4. The zero-order valence-corrected chi connectivity index (χ0v) is 15.5. The van der Waals surface area contributed by atoms with E-state index in [-0.39, 0.29) is 23.8 Å². The van der Waals surface area contributed by atoms with Crippen LogP contribution in [0.4, 0.5) is 0 Å². The third-order valence-electron chi connectivity index (χ3n) is 3.26. The van der Waals surface area contributed by atoms with Gasteiger partial charge in [0.05, 0.1) is 25.7 Å². The summed E-state index contributed by atoms with van der Waals surface area (Å²) in [5.41, 5.74) is 0.334. The van der Waals surface area contributed by atoms with E-state index >= 15 is 0 Å². The Morgan fingerprint density at radius 3 is 2.40 bits per heavy atom. The van der Waals surface area contributed by atoms with Crippen molar-refractivity contribution in [2.45, 2.75) is 58.6 Å². The number of hydrogen-bond acceptors (Lipinski definition) is 5. The van der Waals surface area contributed by atoms with Gasteiger partial charge in [-0.3, -0.25) is 9.59 Å². The first kappa shape index (κ1) is 21.0. The lowest BCUT2D eigenvalue weighted by atomic mass is 10.0. The summed E-state index contributed by atoms with van der Waals surface area (Å²) in [7, 11) is 0. The van der Waals surface area contributed by atoms with Crippen LogP contribution in [0.15, 0.2) is 24.3 Å². The molecule has 6 heteroatoms. The van der Waals surface area contributed by atoms with E-state index in [0.29, 0.717) is 37.4 Å². The molecule has 25 heavy (non-hydrogen) atoms. The summed E-state index contributed by atoms with van der Waals surface area (Å²) in [6.07, 6.45) is 0.0565. The maximum atomic E-state index is 11.9. The number of nitrogens with one attached hydrogen (secondary N) is 1. The minimum Gasteiger partial charge on any atom is -0.494 e. The molecule has 0 radical (unpaired) electrons. The largest absolute Gasteiger partial charge is 0.494 e. The maximum absolute atomic E-state index is 11.9. The zero-order chi connectivity index (χ0) is 18.9. The van der Waals surface area contributed by atoms with E-state index < -0.39 is 6.10 Å². The van der Waals surface area contributed by atoms with Gasteiger partial charge < -0.3 is 19.9 Å². The molecule has 0 aromatic heterocycles. The first-order valence-corrected chi connectivity index (χ1v) is 8.58. The molecule has 0 bridgehead atoms. The van der Waals surface area contributed by atoms with E-state index in [1.807, 2.05) is 20.8 Å². The van der Waals surface area contributed by atoms with Crippen molar-refractivity contribution in [3.63, 3.8) is 0 Å².